The number of aryl methyl sites for hydroxylation is 1. The molecule has 0 aliphatic rings. The third-order valence-electron chi connectivity index (χ3n) is 4.79. The van der Waals surface area contributed by atoms with E-state index in [-0.39, 0.29) is 17.5 Å². The number of anilines is 1. The van der Waals surface area contributed by atoms with Crippen molar-refractivity contribution in [2.45, 2.75) is 19.9 Å². The van der Waals surface area contributed by atoms with Gasteiger partial charge in [-0.15, -0.1) is 23.4 Å². The first-order valence-corrected chi connectivity index (χ1v) is 11.3. The van der Waals surface area contributed by atoms with E-state index in [1.54, 1.807) is 19.2 Å². The minimum Gasteiger partial charge on any atom is -0.496 e. The van der Waals surface area contributed by atoms with Crippen LogP contribution in [-0.2, 0) is 6.61 Å². The molecule has 2 aromatic heterocycles. The van der Waals surface area contributed by atoms with Gasteiger partial charge in [-0.1, -0.05) is 29.5 Å². The van der Waals surface area contributed by atoms with Crippen LogP contribution in [0.25, 0.3) is 11.1 Å². The highest BCUT2D eigenvalue weighted by Crippen LogP contribution is 2.33. The summed E-state index contributed by atoms with van der Waals surface area (Å²) in [6, 6.07) is 14.1. The number of para-hydroxylation sites is 1. The zero-order valence-electron chi connectivity index (χ0n) is 19.0. The van der Waals surface area contributed by atoms with Gasteiger partial charge >= 0.3 is 6.36 Å². The van der Waals surface area contributed by atoms with Crippen LogP contribution in [0.1, 0.15) is 21.1 Å². The van der Waals surface area contributed by atoms with E-state index in [1.165, 1.54) is 18.3 Å². The molecule has 0 aliphatic heterocycles. The molecule has 0 unspecified atom stereocenters. The van der Waals surface area contributed by atoms with Crippen molar-refractivity contribution in [1.29, 1.82) is 0 Å². The standard InChI is InChI=1S/C24H19F3N4O4S/c1-14-11-18(17-5-3-4-6-20(17)33-2)19(12-28-14)22(32)29-23-31-30-21(36-23)13-34-15-7-9-16(10-8-15)35-24(25,26)27/h3-12H,13H2,1-2H3,(H,29,31,32). The average molecular weight is 517 g/mol. The summed E-state index contributed by atoms with van der Waals surface area (Å²) in [5.74, 6) is 0.157. The predicted molar refractivity (Wildman–Crippen MR) is 126 cm³/mol. The molecule has 1 amide bonds. The van der Waals surface area contributed by atoms with E-state index in [4.69, 9.17) is 9.47 Å². The minimum atomic E-state index is -4.77. The number of amides is 1. The molecule has 0 aliphatic carbocycles. The Bertz CT molecular complexity index is 1360. The number of carbonyl (C=O) groups excluding carboxylic acids is 1. The zero-order valence-corrected chi connectivity index (χ0v) is 19.8. The smallest absolute Gasteiger partial charge is 0.496 e. The molecule has 186 valence electrons. The number of nitrogens with zero attached hydrogens (tertiary/aromatic N) is 3. The first-order chi connectivity index (χ1) is 17.2. The van der Waals surface area contributed by atoms with Gasteiger partial charge in [0.1, 0.15) is 23.9 Å². The molecule has 8 nitrogen and oxygen atoms in total. The normalized spacial score (nSPS) is 11.1. The predicted octanol–water partition coefficient (Wildman–Crippen LogP) is 5.65. The number of rotatable bonds is 8. The highest BCUT2D eigenvalue weighted by Gasteiger charge is 2.31. The number of hydrogen-bond donors (Lipinski definition) is 1. The minimum absolute atomic E-state index is 0.00552. The van der Waals surface area contributed by atoms with E-state index >= 15 is 0 Å². The van der Waals surface area contributed by atoms with Gasteiger partial charge in [0.2, 0.25) is 5.13 Å². The Morgan fingerprint density at radius 1 is 1.03 bits per heavy atom. The Balaban J connectivity index is 1.43. The molecular weight excluding hydrogens is 497 g/mol. The summed E-state index contributed by atoms with van der Waals surface area (Å²) in [6.07, 6.45) is -3.28. The molecule has 0 atom stereocenters. The number of halogens is 3. The van der Waals surface area contributed by atoms with E-state index in [0.717, 1.165) is 34.7 Å². The quantitative estimate of drug-likeness (QED) is 0.324. The fourth-order valence-corrected chi connectivity index (χ4v) is 3.89. The Morgan fingerprint density at radius 2 is 1.75 bits per heavy atom. The molecule has 0 saturated heterocycles. The second kappa shape index (κ2) is 10.6. The van der Waals surface area contributed by atoms with E-state index in [1.807, 2.05) is 25.1 Å². The van der Waals surface area contributed by atoms with Crippen LogP contribution in [-0.4, -0.2) is 34.6 Å². The van der Waals surface area contributed by atoms with Crippen LogP contribution in [0, 0.1) is 6.92 Å². The fourth-order valence-electron chi connectivity index (χ4n) is 3.24. The van der Waals surface area contributed by atoms with Crippen molar-refractivity contribution in [3.8, 4) is 28.4 Å². The summed E-state index contributed by atoms with van der Waals surface area (Å²) in [7, 11) is 1.56. The fraction of sp³-hybridized carbons (Fsp3) is 0.167. The van der Waals surface area contributed by atoms with Gasteiger partial charge in [0.15, 0.2) is 5.01 Å². The topological polar surface area (TPSA) is 95.5 Å². The first-order valence-electron chi connectivity index (χ1n) is 10.4. The van der Waals surface area contributed by atoms with Gasteiger partial charge in [-0.3, -0.25) is 15.1 Å². The number of aromatic nitrogens is 3. The monoisotopic (exact) mass is 516 g/mol. The van der Waals surface area contributed by atoms with E-state index in [9.17, 15) is 18.0 Å². The number of nitrogens with one attached hydrogen (secondary N) is 1. The van der Waals surface area contributed by atoms with Crippen molar-refractivity contribution in [3.63, 3.8) is 0 Å². The summed E-state index contributed by atoms with van der Waals surface area (Å²) in [5, 5.41) is 11.4. The van der Waals surface area contributed by atoms with Gasteiger partial charge in [0.25, 0.3) is 5.91 Å². The lowest BCUT2D eigenvalue weighted by Crippen LogP contribution is -2.16. The number of benzene rings is 2. The van der Waals surface area contributed by atoms with Crippen molar-refractivity contribution in [1.82, 2.24) is 15.2 Å². The molecule has 4 aromatic rings. The second-order valence-corrected chi connectivity index (χ2v) is 8.40. The molecule has 12 heteroatoms. The maximum absolute atomic E-state index is 13.1. The lowest BCUT2D eigenvalue weighted by molar-refractivity contribution is -0.274. The molecule has 2 heterocycles. The van der Waals surface area contributed by atoms with Gasteiger partial charge < -0.3 is 14.2 Å². The maximum atomic E-state index is 13.1. The maximum Gasteiger partial charge on any atom is 0.573 e. The number of carbonyl (C=O) groups is 1. The Kier molecular flexibility index (Phi) is 7.34. The third-order valence-corrected chi connectivity index (χ3v) is 5.60. The van der Waals surface area contributed by atoms with Gasteiger partial charge in [-0.05, 0) is 43.3 Å². The highest BCUT2D eigenvalue weighted by atomic mass is 32.1. The SMILES string of the molecule is COc1ccccc1-c1cc(C)ncc1C(=O)Nc1nnc(COc2ccc(OC(F)(F)F)cc2)s1. The van der Waals surface area contributed by atoms with Crippen LogP contribution in [0.15, 0.2) is 60.8 Å². The molecule has 0 fully saturated rings. The summed E-state index contributed by atoms with van der Waals surface area (Å²) in [4.78, 5) is 17.3. The van der Waals surface area contributed by atoms with Gasteiger partial charge in [-0.25, -0.2) is 0 Å². The van der Waals surface area contributed by atoms with E-state index < -0.39 is 12.3 Å². The van der Waals surface area contributed by atoms with Crippen molar-refractivity contribution in [3.05, 3.63) is 77.1 Å². The summed E-state index contributed by atoms with van der Waals surface area (Å²) < 4.78 is 51.6. The zero-order chi connectivity index (χ0) is 25.7. The number of methoxy groups -OCH3 is 1. The summed E-state index contributed by atoms with van der Waals surface area (Å²) >= 11 is 1.10. The van der Waals surface area contributed by atoms with Crippen LogP contribution in [0.5, 0.6) is 17.2 Å². The van der Waals surface area contributed by atoms with Gasteiger partial charge in [0.05, 0.1) is 12.7 Å². The highest BCUT2D eigenvalue weighted by molar-refractivity contribution is 7.15. The molecule has 0 spiro atoms. The Hall–Kier alpha value is -4.19. The summed E-state index contributed by atoms with van der Waals surface area (Å²) in [6.45, 7) is 1.83. The van der Waals surface area contributed by atoms with Crippen molar-refractivity contribution >= 4 is 22.4 Å². The van der Waals surface area contributed by atoms with Crippen molar-refractivity contribution in [2.24, 2.45) is 0 Å². The lowest BCUT2D eigenvalue weighted by atomic mass is 9.99. The molecular formula is C24H19F3N4O4S. The molecule has 0 bridgehead atoms. The number of alkyl halides is 3. The average Bonchev–Trinajstić information content (AvgIpc) is 3.29. The molecule has 1 N–H and O–H groups in total. The molecule has 0 saturated carbocycles. The van der Waals surface area contributed by atoms with Crippen LogP contribution >= 0.6 is 11.3 Å². The largest absolute Gasteiger partial charge is 0.573 e. The van der Waals surface area contributed by atoms with Crippen LogP contribution < -0.4 is 19.5 Å². The molecule has 36 heavy (non-hydrogen) atoms. The molecule has 0 radical (unpaired) electrons. The van der Waals surface area contributed by atoms with Crippen LogP contribution in [0.2, 0.25) is 0 Å². The van der Waals surface area contributed by atoms with Crippen LogP contribution in [0.3, 0.4) is 0 Å². The van der Waals surface area contributed by atoms with E-state index in [2.05, 4.69) is 25.2 Å². The summed E-state index contributed by atoms with van der Waals surface area (Å²) in [5.41, 5.74) is 2.47. The number of ether oxygens (including phenoxy) is 3. The Labute approximate surface area is 207 Å². The number of pyridine rings is 1. The molecule has 4 rings (SSSR count). The number of hydrogen-bond acceptors (Lipinski definition) is 8. The van der Waals surface area contributed by atoms with E-state index in [0.29, 0.717) is 27.6 Å². The van der Waals surface area contributed by atoms with Crippen LogP contribution in [0.4, 0.5) is 18.3 Å². The Morgan fingerprint density at radius 3 is 2.47 bits per heavy atom. The lowest BCUT2D eigenvalue weighted by Gasteiger charge is -2.13. The second-order valence-electron chi connectivity index (χ2n) is 7.33. The van der Waals surface area contributed by atoms with Crippen molar-refractivity contribution < 1.29 is 32.2 Å². The van der Waals surface area contributed by atoms with Crippen molar-refractivity contribution in [2.75, 3.05) is 12.4 Å². The molecule has 2 aromatic carbocycles. The van der Waals surface area contributed by atoms with Gasteiger partial charge in [-0.2, -0.15) is 0 Å². The third kappa shape index (κ3) is 6.27. The first kappa shape index (κ1) is 24.9. The van der Waals surface area contributed by atoms with Gasteiger partial charge in [0, 0.05) is 23.0 Å².